The molecule has 0 aromatic heterocycles. The first-order chi connectivity index (χ1) is 5.84. The number of nitrogens with zero attached hydrogens (tertiary/aromatic N) is 1. The lowest BCUT2D eigenvalue weighted by Gasteiger charge is -2.34. The second-order valence-electron chi connectivity index (χ2n) is 2.78. The minimum Gasteiger partial charge on any atom is -0.378 e. The maximum absolute atomic E-state index is 5.07. The minimum absolute atomic E-state index is 0.674. The molecule has 1 N–H and O–H groups in total. The van der Waals surface area contributed by atoms with E-state index in [1.54, 1.807) is 0 Å². The third-order valence-electron chi connectivity index (χ3n) is 1.96. The van der Waals surface area contributed by atoms with E-state index < -0.39 is 0 Å². The minimum atomic E-state index is 0.674. The molecular weight excluding hydrogens is 152 g/mol. The van der Waals surface area contributed by atoms with Crippen molar-refractivity contribution in [1.82, 2.24) is 10.2 Å². The fourth-order valence-corrected chi connectivity index (χ4v) is 0.948. The van der Waals surface area contributed by atoms with E-state index in [2.05, 4.69) is 17.3 Å². The molecule has 3 heteroatoms. The molecule has 0 aromatic rings. The fraction of sp³-hybridized carbons (Fsp3) is 1.00. The summed E-state index contributed by atoms with van der Waals surface area (Å²) in [6.45, 7) is 8.01. The van der Waals surface area contributed by atoms with Crippen LogP contribution in [0, 0.1) is 0 Å². The molecule has 0 amide bonds. The van der Waals surface area contributed by atoms with Crippen LogP contribution in [0.3, 0.4) is 0 Å². The highest BCUT2D eigenvalue weighted by Crippen LogP contribution is 2.06. The Hall–Kier alpha value is -0.120. The van der Waals surface area contributed by atoms with Gasteiger partial charge in [0.1, 0.15) is 0 Å². The molecule has 1 aliphatic heterocycles. The zero-order valence-corrected chi connectivity index (χ0v) is 8.76. The average molecular weight is 174 g/mol. The number of nitrogens with one attached hydrogen (secondary N) is 1. The molecule has 0 unspecified atom stereocenters. The van der Waals surface area contributed by atoms with E-state index in [0.29, 0.717) is 6.04 Å². The van der Waals surface area contributed by atoms with Gasteiger partial charge in [0, 0.05) is 13.1 Å². The zero-order valence-electron chi connectivity index (χ0n) is 8.76. The molecule has 0 radical (unpaired) electrons. The van der Waals surface area contributed by atoms with Crippen LogP contribution in [0.4, 0.5) is 0 Å². The van der Waals surface area contributed by atoms with E-state index in [4.69, 9.17) is 4.74 Å². The highest BCUT2D eigenvalue weighted by atomic mass is 16.5. The van der Waals surface area contributed by atoms with Crippen molar-refractivity contribution in [3.05, 3.63) is 0 Å². The quantitative estimate of drug-likeness (QED) is 0.674. The molecule has 0 aliphatic carbocycles. The first-order valence-electron chi connectivity index (χ1n) is 4.77. The molecule has 1 fully saturated rings. The van der Waals surface area contributed by atoms with Gasteiger partial charge in [-0.25, -0.2) is 0 Å². The third-order valence-corrected chi connectivity index (χ3v) is 1.96. The first-order valence-corrected chi connectivity index (χ1v) is 4.77. The van der Waals surface area contributed by atoms with E-state index in [9.17, 15) is 0 Å². The Kier molecular flexibility index (Phi) is 7.45. The molecule has 1 rings (SSSR count). The van der Waals surface area contributed by atoms with Crippen molar-refractivity contribution in [2.75, 3.05) is 40.4 Å². The van der Waals surface area contributed by atoms with Crippen LogP contribution in [0.15, 0.2) is 0 Å². The number of hydrogen-bond donors (Lipinski definition) is 1. The van der Waals surface area contributed by atoms with Crippen LogP contribution in [0.1, 0.15) is 13.8 Å². The van der Waals surface area contributed by atoms with Crippen LogP contribution < -0.4 is 5.32 Å². The molecule has 74 valence electrons. The van der Waals surface area contributed by atoms with Gasteiger partial charge in [-0.3, -0.25) is 4.90 Å². The van der Waals surface area contributed by atoms with Gasteiger partial charge >= 0.3 is 0 Å². The predicted octanol–water partition coefficient (Wildman–Crippen LogP) is 0.563. The number of likely N-dealkylation sites (N-methyl/N-ethyl adjacent to an activating group) is 2. The molecule has 1 aliphatic rings. The number of rotatable bonds is 4. The lowest BCUT2D eigenvalue weighted by atomic mass is 10.2. The van der Waals surface area contributed by atoms with Gasteiger partial charge in [0.05, 0.1) is 19.3 Å². The lowest BCUT2D eigenvalue weighted by Crippen LogP contribution is -2.48. The summed E-state index contributed by atoms with van der Waals surface area (Å²) in [6.07, 6.45) is 0. The number of hydrogen-bond acceptors (Lipinski definition) is 3. The Balaban J connectivity index is 0.000000561. The second-order valence-corrected chi connectivity index (χ2v) is 2.78. The molecular formula is C9H22N2O. The van der Waals surface area contributed by atoms with Gasteiger partial charge in [0.15, 0.2) is 0 Å². The lowest BCUT2D eigenvalue weighted by molar-refractivity contribution is -0.0553. The summed E-state index contributed by atoms with van der Waals surface area (Å²) in [6, 6.07) is 0.674. The monoisotopic (exact) mass is 174 g/mol. The van der Waals surface area contributed by atoms with E-state index in [1.165, 1.54) is 0 Å². The first kappa shape index (κ1) is 11.9. The summed E-state index contributed by atoms with van der Waals surface area (Å²) in [5.41, 5.74) is 0. The van der Waals surface area contributed by atoms with Gasteiger partial charge in [-0.2, -0.15) is 0 Å². The van der Waals surface area contributed by atoms with Crippen molar-refractivity contribution in [3.63, 3.8) is 0 Å². The zero-order chi connectivity index (χ0) is 9.40. The largest absolute Gasteiger partial charge is 0.378 e. The topological polar surface area (TPSA) is 24.5 Å². The van der Waals surface area contributed by atoms with Crippen molar-refractivity contribution in [2.24, 2.45) is 0 Å². The molecule has 12 heavy (non-hydrogen) atoms. The fourth-order valence-electron chi connectivity index (χ4n) is 0.948. The summed E-state index contributed by atoms with van der Waals surface area (Å²) in [5.74, 6) is 0. The SMILES string of the molecule is CC.CNCCN(C)C1COC1. The normalized spacial score (nSPS) is 16.8. The maximum Gasteiger partial charge on any atom is 0.0645 e. The van der Waals surface area contributed by atoms with Gasteiger partial charge in [-0.05, 0) is 14.1 Å². The van der Waals surface area contributed by atoms with Gasteiger partial charge < -0.3 is 10.1 Å². The Morgan fingerprint density at radius 3 is 2.33 bits per heavy atom. The predicted molar refractivity (Wildman–Crippen MR) is 52.5 cm³/mol. The van der Waals surface area contributed by atoms with Crippen LogP contribution in [0.5, 0.6) is 0 Å². The van der Waals surface area contributed by atoms with Gasteiger partial charge in [-0.1, -0.05) is 13.8 Å². The van der Waals surface area contributed by atoms with Crippen LogP contribution in [-0.2, 0) is 4.74 Å². The summed E-state index contributed by atoms with van der Waals surface area (Å²) >= 11 is 0. The van der Waals surface area contributed by atoms with Crippen molar-refractivity contribution in [2.45, 2.75) is 19.9 Å². The van der Waals surface area contributed by atoms with E-state index in [-0.39, 0.29) is 0 Å². The summed E-state index contributed by atoms with van der Waals surface area (Å²) in [5, 5.41) is 3.12. The smallest absolute Gasteiger partial charge is 0.0645 e. The third kappa shape index (κ3) is 4.04. The molecule has 0 aromatic carbocycles. The van der Waals surface area contributed by atoms with Crippen molar-refractivity contribution in [3.8, 4) is 0 Å². The van der Waals surface area contributed by atoms with Crippen LogP contribution in [0.25, 0.3) is 0 Å². The standard InChI is InChI=1S/C7H16N2O.C2H6/c1-8-3-4-9(2)7-5-10-6-7;1-2/h7-8H,3-6H2,1-2H3;1-2H3. The number of ether oxygens (including phenoxy) is 1. The van der Waals surface area contributed by atoms with E-state index in [1.807, 2.05) is 20.9 Å². The van der Waals surface area contributed by atoms with E-state index >= 15 is 0 Å². The highest BCUT2D eigenvalue weighted by molar-refractivity contribution is 4.74. The van der Waals surface area contributed by atoms with Gasteiger partial charge in [0.2, 0.25) is 0 Å². The molecule has 0 spiro atoms. The molecule has 0 atom stereocenters. The van der Waals surface area contributed by atoms with Crippen molar-refractivity contribution < 1.29 is 4.74 Å². The average Bonchev–Trinajstić information content (AvgIpc) is 2.01. The molecule has 0 bridgehead atoms. The second kappa shape index (κ2) is 7.53. The Morgan fingerprint density at radius 2 is 2.00 bits per heavy atom. The summed E-state index contributed by atoms with van der Waals surface area (Å²) in [7, 11) is 4.12. The van der Waals surface area contributed by atoms with Gasteiger partial charge in [-0.15, -0.1) is 0 Å². The molecule has 3 nitrogen and oxygen atoms in total. The van der Waals surface area contributed by atoms with E-state index in [0.717, 1.165) is 26.3 Å². The highest BCUT2D eigenvalue weighted by Gasteiger charge is 2.21. The molecule has 1 saturated heterocycles. The summed E-state index contributed by atoms with van der Waals surface area (Å²) in [4.78, 5) is 2.33. The van der Waals surface area contributed by atoms with Gasteiger partial charge in [0.25, 0.3) is 0 Å². The summed E-state index contributed by atoms with van der Waals surface area (Å²) < 4.78 is 5.07. The van der Waals surface area contributed by atoms with Crippen LogP contribution in [-0.4, -0.2) is 51.3 Å². The maximum atomic E-state index is 5.07. The molecule has 1 heterocycles. The Morgan fingerprint density at radius 1 is 1.42 bits per heavy atom. The van der Waals surface area contributed by atoms with Crippen LogP contribution >= 0.6 is 0 Å². The van der Waals surface area contributed by atoms with Crippen LogP contribution in [0.2, 0.25) is 0 Å². The molecule has 0 saturated carbocycles. The Bertz CT molecular complexity index is 94.5. The van der Waals surface area contributed by atoms with Crippen molar-refractivity contribution in [1.29, 1.82) is 0 Å². The van der Waals surface area contributed by atoms with Crippen molar-refractivity contribution >= 4 is 0 Å². The Labute approximate surface area is 76.1 Å².